The molecule has 20 heavy (non-hydrogen) atoms. The maximum Gasteiger partial charge on any atom is 0.326 e. The van der Waals surface area contributed by atoms with Crippen LogP contribution in [0.2, 0.25) is 0 Å². The fourth-order valence-electron chi connectivity index (χ4n) is 2.25. The Kier molecular flexibility index (Phi) is 4.42. The number of amides is 1. The van der Waals surface area contributed by atoms with Crippen LogP contribution >= 0.6 is 0 Å². The number of carboxylic acids is 1. The molecular weight excluding hydrogens is 258 g/mol. The summed E-state index contributed by atoms with van der Waals surface area (Å²) in [7, 11) is 1.82. The van der Waals surface area contributed by atoms with Crippen LogP contribution in [0.4, 0.5) is 0 Å². The zero-order chi connectivity index (χ0) is 14.7. The van der Waals surface area contributed by atoms with Crippen LogP contribution < -0.4 is 5.32 Å². The Labute approximate surface area is 118 Å². The number of hydrogen-bond donors (Lipinski definition) is 2. The summed E-state index contributed by atoms with van der Waals surface area (Å²) < 4.78 is 1.72. The highest BCUT2D eigenvalue weighted by molar-refractivity contribution is 5.95. The molecule has 2 N–H and O–H groups in total. The number of carboxylic acid groups (broad SMARTS) is 1. The maximum absolute atomic E-state index is 12.1. The van der Waals surface area contributed by atoms with Crippen molar-refractivity contribution in [2.75, 3.05) is 0 Å². The first kappa shape index (κ1) is 14.6. The van der Waals surface area contributed by atoms with Crippen molar-refractivity contribution in [2.45, 2.75) is 51.0 Å². The van der Waals surface area contributed by atoms with Crippen LogP contribution in [0, 0.1) is 0 Å². The molecule has 0 spiro atoms. The number of unbranched alkanes of at least 4 members (excludes halogenated alkanes) is 1. The van der Waals surface area contributed by atoms with Crippen molar-refractivity contribution in [2.24, 2.45) is 7.05 Å². The standard InChI is InChI=1S/C14H21N3O3/c1-3-4-5-10(14(19)20)15-13(18)11-8-12(9-6-7-9)17(2)16-11/h8-10H,3-7H2,1-2H3,(H,15,18)(H,19,20). The van der Waals surface area contributed by atoms with Gasteiger partial charge in [0.15, 0.2) is 0 Å². The van der Waals surface area contributed by atoms with Crippen LogP contribution in [0.15, 0.2) is 6.07 Å². The maximum atomic E-state index is 12.1. The second-order valence-electron chi connectivity index (χ2n) is 5.36. The minimum Gasteiger partial charge on any atom is -0.480 e. The van der Waals surface area contributed by atoms with E-state index in [1.165, 1.54) is 0 Å². The van der Waals surface area contributed by atoms with Gasteiger partial charge in [-0.2, -0.15) is 5.10 Å². The predicted octanol–water partition coefficient (Wildman–Crippen LogP) is 1.67. The van der Waals surface area contributed by atoms with Gasteiger partial charge in [0.2, 0.25) is 0 Å². The van der Waals surface area contributed by atoms with Gasteiger partial charge < -0.3 is 10.4 Å². The van der Waals surface area contributed by atoms with Gasteiger partial charge in [-0.25, -0.2) is 4.79 Å². The van der Waals surface area contributed by atoms with Gasteiger partial charge in [0, 0.05) is 18.7 Å². The van der Waals surface area contributed by atoms with Gasteiger partial charge >= 0.3 is 5.97 Å². The zero-order valence-corrected chi connectivity index (χ0v) is 11.9. The molecule has 1 aliphatic carbocycles. The van der Waals surface area contributed by atoms with E-state index < -0.39 is 17.9 Å². The first-order valence-corrected chi connectivity index (χ1v) is 7.10. The quantitative estimate of drug-likeness (QED) is 0.795. The van der Waals surface area contributed by atoms with E-state index in [0.717, 1.165) is 31.4 Å². The minimum absolute atomic E-state index is 0.303. The third-order valence-corrected chi connectivity index (χ3v) is 3.59. The van der Waals surface area contributed by atoms with Crippen LogP contribution in [0.3, 0.4) is 0 Å². The highest BCUT2D eigenvalue weighted by atomic mass is 16.4. The van der Waals surface area contributed by atoms with E-state index in [2.05, 4.69) is 10.4 Å². The van der Waals surface area contributed by atoms with E-state index in [1.807, 2.05) is 14.0 Å². The Hall–Kier alpha value is -1.85. The van der Waals surface area contributed by atoms with Crippen molar-refractivity contribution < 1.29 is 14.7 Å². The lowest BCUT2D eigenvalue weighted by molar-refractivity contribution is -0.139. The molecule has 1 fully saturated rings. The number of carbonyl (C=O) groups is 2. The molecule has 110 valence electrons. The summed E-state index contributed by atoms with van der Waals surface area (Å²) in [4.78, 5) is 23.2. The molecule has 1 heterocycles. The normalized spacial score (nSPS) is 15.9. The van der Waals surface area contributed by atoms with Crippen molar-refractivity contribution in [3.63, 3.8) is 0 Å². The molecule has 0 aromatic carbocycles. The van der Waals surface area contributed by atoms with Gasteiger partial charge in [-0.3, -0.25) is 9.48 Å². The van der Waals surface area contributed by atoms with Crippen molar-refractivity contribution in [3.05, 3.63) is 17.5 Å². The van der Waals surface area contributed by atoms with Crippen LogP contribution in [-0.2, 0) is 11.8 Å². The van der Waals surface area contributed by atoms with Crippen LogP contribution in [0.5, 0.6) is 0 Å². The van der Waals surface area contributed by atoms with Crippen LogP contribution in [0.1, 0.15) is 61.1 Å². The molecule has 6 nitrogen and oxygen atoms in total. The Bertz CT molecular complexity index is 506. The lowest BCUT2D eigenvalue weighted by Crippen LogP contribution is -2.40. The Morgan fingerprint density at radius 1 is 1.55 bits per heavy atom. The van der Waals surface area contributed by atoms with Crippen LogP contribution in [0.25, 0.3) is 0 Å². The number of rotatable bonds is 7. The van der Waals surface area contributed by atoms with Crippen molar-refractivity contribution in [3.8, 4) is 0 Å². The summed E-state index contributed by atoms with van der Waals surface area (Å²) in [6.45, 7) is 1.99. The molecule has 0 radical (unpaired) electrons. The zero-order valence-electron chi connectivity index (χ0n) is 11.9. The number of nitrogens with one attached hydrogen (secondary N) is 1. The average Bonchev–Trinajstić information content (AvgIpc) is 3.17. The summed E-state index contributed by atoms with van der Waals surface area (Å²) in [5, 5.41) is 15.8. The minimum atomic E-state index is -0.995. The summed E-state index contributed by atoms with van der Waals surface area (Å²) in [5.74, 6) is -0.898. The first-order valence-electron chi connectivity index (χ1n) is 7.10. The third-order valence-electron chi connectivity index (χ3n) is 3.59. The molecule has 0 aliphatic heterocycles. The molecule has 1 saturated carbocycles. The molecule has 1 atom stereocenters. The Morgan fingerprint density at radius 3 is 2.80 bits per heavy atom. The number of aliphatic carboxylic acids is 1. The molecule has 0 saturated heterocycles. The molecular formula is C14H21N3O3. The fraction of sp³-hybridized carbons (Fsp3) is 0.643. The van der Waals surface area contributed by atoms with Crippen molar-refractivity contribution in [1.82, 2.24) is 15.1 Å². The number of nitrogens with zero attached hydrogens (tertiary/aromatic N) is 2. The molecule has 6 heteroatoms. The topological polar surface area (TPSA) is 84.2 Å². The fourth-order valence-corrected chi connectivity index (χ4v) is 2.25. The Balaban J connectivity index is 2.02. The summed E-state index contributed by atoms with van der Waals surface area (Å²) in [5.41, 5.74) is 1.35. The number of carbonyl (C=O) groups excluding carboxylic acids is 1. The van der Waals surface area contributed by atoms with Gasteiger partial charge in [-0.1, -0.05) is 19.8 Å². The second kappa shape index (κ2) is 6.07. The summed E-state index contributed by atoms with van der Waals surface area (Å²) >= 11 is 0. The monoisotopic (exact) mass is 279 g/mol. The van der Waals surface area contributed by atoms with E-state index in [4.69, 9.17) is 5.11 Å². The highest BCUT2D eigenvalue weighted by Crippen LogP contribution is 2.39. The van der Waals surface area contributed by atoms with Crippen molar-refractivity contribution in [1.29, 1.82) is 0 Å². The lowest BCUT2D eigenvalue weighted by Gasteiger charge is -2.12. The van der Waals surface area contributed by atoms with E-state index in [1.54, 1.807) is 10.7 Å². The average molecular weight is 279 g/mol. The van der Waals surface area contributed by atoms with Gasteiger partial charge in [0.1, 0.15) is 11.7 Å². The SMILES string of the molecule is CCCCC(NC(=O)c1cc(C2CC2)n(C)n1)C(=O)O. The molecule has 0 bridgehead atoms. The number of hydrogen-bond acceptors (Lipinski definition) is 3. The molecule has 1 amide bonds. The number of aromatic nitrogens is 2. The molecule has 1 aromatic heterocycles. The first-order chi connectivity index (χ1) is 9.52. The lowest BCUT2D eigenvalue weighted by atomic mass is 10.1. The van der Waals surface area contributed by atoms with E-state index in [-0.39, 0.29) is 0 Å². The Morgan fingerprint density at radius 2 is 2.25 bits per heavy atom. The molecule has 1 unspecified atom stereocenters. The van der Waals surface area contributed by atoms with Crippen molar-refractivity contribution >= 4 is 11.9 Å². The molecule has 2 rings (SSSR count). The van der Waals surface area contributed by atoms with Crippen LogP contribution in [-0.4, -0.2) is 32.8 Å². The van der Waals surface area contributed by atoms with Gasteiger partial charge in [-0.15, -0.1) is 0 Å². The van der Waals surface area contributed by atoms with Gasteiger partial charge in [0.25, 0.3) is 5.91 Å². The van der Waals surface area contributed by atoms with E-state index in [9.17, 15) is 9.59 Å². The van der Waals surface area contributed by atoms with Gasteiger partial charge in [0.05, 0.1) is 0 Å². The summed E-state index contributed by atoms with van der Waals surface area (Å²) in [6.07, 6.45) is 4.38. The van der Waals surface area contributed by atoms with E-state index in [0.29, 0.717) is 18.0 Å². The molecule has 1 aromatic rings. The molecule has 1 aliphatic rings. The third kappa shape index (κ3) is 3.37. The summed E-state index contributed by atoms with van der Waals surface area (Å²) in [6, 6.07) is 0.931. The van der Waals surface area contributed by atoms with Gasteiger partial charge in [-0.05, 0) is 25.3 Å². The second-order valence-corrected chi connectivity index (χ2v) is 5.36. The highest BCUT2D eigenvalue weighted by Gasteiger charge is 2.29. The number of aryl methyl sites for hydroxylation is 1. The largest absolute Gasteiger partial charge is 0.480 e. The smallest absolute Gasteiger partial charge is 0.326 e. The predicted molar refractivity (Wildman–Crippen MR) is 73.6 cm³/mol. The van der Waals surface area contributed by atoms with E-state index >= 15 is 0 Å².